The summed E-state index contributed by atoms with van der Waals surface area (Å²) in [4.78, 5) is 12.4. The Hall–Kier alpha value is -2.61. The molecule has 0 saturated carbocycles. The van der Waals surface area contributed by atoms with Gasteiger partial charge < -0.3 is 5.32 Å². The summed E-state index contributed by atoms with van der Waals surface area (Å²) in [5, 5.41) is 5.20. The molecule has 2 heteroatoms. The SMILES string of the molecule is Cc1c(C(=O)Nc2ccccc2)ccc2ccccc12. The molecule has 0 radical (unpaired) electrons. The third-order valence-corrected chi connectivity index (χ3v) is 3.47. The van der Waals surface area contributed by atoms with Crippen molar-refractivity contribution in [3.8, 4) is 0 Å². The van der Waals surface area contributed by atoms with Crippen LogP contribution in [-0.4, -0.2) is 5.91 Å². The number of aryl methyl sites for hydroxylation is 1. The van der Waals surface area contributed by atoms with Gasteiger partial charge in [0.25, 0.3) is 5.91 Å². The summed E-state index contributed by atoms with van der Waals surface area (Å²) in [7, 11) is 0. The van der Waals surface area contributed by atoms with Gasteiger partial charge in [-0.2, -0.15) is 0 Å². The van der Waals surface area contributed by atoms with Crippen LogP contribution in [0.25, 0.3) is 10.8 Å². The summed E-state index contributed by atoms with van der Waals surface area (Å²) in [6.07, 6.45) is 0. The highest BCUT2D eigenvalue weighted by atomic mass is 16.1. The molecular weight excluding hydrogens is 246 g/mol. The quantitative estimate of drug-likeness (QED) is 0.727. The lowest BCUT2D eigenvalue weighted by Gasteiger charge is -2.10. The molecule has 0 saturated heterocycles. The Labute approximate surface area is 118 Å². The number of para-hydroxylation sites is 1. The fourth-order valence-electron chi connectivity index (χ4n) is 2.39. The van der Waals surface area contributed by atoms with Gasteiger partial charge in [-0.05, 0) is 41.5 Å². The van der Waals surface area contributed by atoms with Crippen molar-refractivity contribution in [1.29, 1.82) is 0 Å². The molecule has 3 aromatic rings. The third-order valence-electron chi connectivity index (χ3n) is 3.47. The Balaban J connectivity index is 1.98. The molecule has 0 atom stereocenters. The van der Waals surface area contributed by atoms with Gasteiger partial charge in [-0.25, -0.2) is 0 Å². The minimum atomic E-state index is -0.0700. The Kier molecular flexibility index (Phi) is 3.21. The van der Waals surface area contributed by atoms with Gasteiger partial charge in [0.1, 0.15) is 0 Å². The second kappa shape index (κ2) is 5.17. The number of hydrogen-bond acceptors (Lipinski definition) is 1. The summed E-state index contributed by atoms with van der Waals surface area (Å²) >= 11 is 0. The lowest BCUT2D eigenvalue weighted by atomic mass is 9.99. The molecule has 0 aromatic heterocycles. The summed E-state index contributed by atoms with van der Waals surface area (Å²) in [5.74, 6) is -0.0700. The first kappa shape index (κ1) is 12.4. The first-order chi connectivity index (χ1) is 9.75. The third kappa shape index (κ3) is 2.28. The van der Waals surface area contributed by atoms with Crippen molar-refractivity contribution in [2.45, 2.75) is 6.92 Å². The van der Waals surface area contributed by atoms with E-state index >= 15 is 0 Å². The number of carbonyl (C=O) groups excluding carboxylic acids is 1. The molecule has 1 amide bonds. The minimum Gasteiger partial charge on any atom is -0.322 e. The highest BCUT2D eigenvalue weighted by molar-refractivity contribution is 6.08. The molecule has 0 bridgehead atoms. The zero-order valence-electron chi connectivity index (χ0n) is 11.3. The molecule has 2 nitrogen and oxygen atoms in total. The van der Waals surface area contributed by atoms with E-state index < -0.39 is 0 Å². The average Bonchev–Trinajstić information content (AvgIpc) is 2.49. The normalized spacial score (nSPS) is 10.4. The predicted octanol–water partition coefficient (Wildman–Crippen LogP) is 4.40. The summed E-state index contributed by atoms with van der Waals surface area (Å²) < 4.78 is 0. The monoisotopic (exact) mass is 261 g/mol. The molecule has 0 spiro atoms. The molecule has 3 rings (SSSR count). The van der Waals surface area contributed by atoms with Crippen LogP contribution in [-0.2, 0) is 0 Å². The highest BCUT2D eigenvalue weighted by Crippen LogP contribution is 2.22. The van der Waals surface area contributed by atoms with E-state index in [0.29, 0.717) is 5.56 Å². The maximum Gasteiger partial charge on any atom is 0.255 e. The van der Waals surface area contributed by atoms with Crippen molar-refractivity contribution >= 4 is 22.4 Å². The largest absolute Gasteiger partial charge is 0.322 e. The molecule has 0 aliphatic heterocycles. The molecule has 0 fully saturated rings. The summed E-state index contributed by atoms with van der Waals surface area (Å²) in [6.45, 7) is 1.99. The molecule has 0 heterocycles. The Morgan fingerprint density at radius 1 is 0.850 bits per heavy atom. The van der Waals surface area contributed by atoms with Crippen molar-refractivity contribution in [3.05, 3.63) is 77.9 Å². The van der Waals surface area contributed by atoms with Gasteiger partial charge in [0.2, 0.25) is 0 Å². The van der Waals surface area contributed by atoms with Crippen LogP contribution >= 0.6 is 0 Å². The van der Waals surface area contributed by atoms with Crippen LogP contribution in [0, 0.1) is 6.92 Å². The van der Waals surface area contributed by atoms with Gasteiger partial charge in [-0.1, -0.05) is 48.5 Å². The number of nitrogens with one attached hydrogen (secondary N) is 1. The zero-order valence-corrected chi connectivity index (χ0v) is 11.3. The van der Waals surface area contributed by atoms with Crippen molar-refractivity contribution in [2.75, 3.05) is 5.32 Å². The topological polar surface area (TPSA) is 29.1 Å². The van der Waals surface area contributed by atoms with Crippen LogP contribution in [0.1, 0.15) is 15.9 Å². The molecule has 98 valence electrons. The molecular formula is C18H15NO. The fraction of sp³-hybridized carbons (Fsp3) is 0.0556. The van der Waals surface area contributed by atoms with E-state index in [0.717, 1.165) is 22.0 Å². The standard InChI is InChI=1S/C18H15NO/c1-13-16-10-6-5-7-14(16)11-12-17(13)18(20)19-15-8-3-2-4-9-15/h2-12H,1H3,(H,19,20). The van der Waals surface area contributed by atoms with Crippen LogP contribution < -0.4 is 5.32 Å². The van der Waals surface area contributed by atoms with Crippen LogP contribution in [0.15, 0.2) is 66.7 Å². The van der Waals surface area contributed by atoms with Crippen LogP contribution in [0.3, 0.4) is 0 Å². The van der Waals surface area contributed by atoms with Gasteiger partial charge in [-0.3, -0.25) is 4.79 Å². The van der Waals surface area contributed by atoms with E-state index in [-0.39, 0.29) is 5.91 Å². The van der Waals surface area contributed by atoms with Gasteiger partial charge in [0, 0.05) is 11.3 Å². The molecule has 3 aromatic carbocycles. The van der Waals surface area contributed by atoms with Gasteiger partial charge in [-0.15, -0.1) is 0 Å². The number of hydrogen-bond donors (Lipinski definition) is 1. The molecule has 0 aliphatic carbocycles. The number of fused-ring (bicyclic) bond motifs is 1. The molecule has 1 N–H and O–H groups in total. The lowest BCUT2D eigenvalue weighted by molar-refractivity contribution is 0.102. The molecule has 20 heavy (non-hydrogen) atoms. The number of benzene rings is 3. The van der Waals surface area contributed by atoms with E-state index in [1.165, 1.54) is 0 Å². The van der Waals surface area contributed by atoms with Crippen molar-refractivity contribution in [3.63, 3.8) is 0 Å². The van der Waals surface area contributed by atoms with Crippen molar-refractivity contribution in [2.24, 2.45) is 0 Å². The summed E-state index contributed by atoms with van der Waals surface area (Å²) in [5.41, 5.74) is 2.54. The number of anilines is 1. The first-order valence-electron chi connectivity index (χ1n) is 6.60. The predicted molar refractivity (Wildman–Crippen MR) is 83.1 cm³/mol. The van der Waals surface area contributed by atoms with E-state index in [2.05, 4.69) is 11.4 Å². The van der Waals surface area contributed by atoms with Gasteiger partial charge >= 0.3 is 0 Å². The van der Waals surface area contributed by atoms with Gasteiger partial charge in [0.05, 0.1) is 0 Å². The maximum atomic E-state index is 12.4. The maximum absolute atomic E-state index is 12.4. The van der Waals surface area contributed by atoms with Crippen LogP contribution in [0.5, 0.6) is 0 Å². The van der Waals surface area contributed by atoms with E-state index in [4.69, 9.17) is 0 Å². The molecule has 0 unspecified atom stereocenters. The van der Waals surface area contributed by atoms with Gasteiger partial charge in [0.15, 0.2) is 0 Å². The second-order valence-corrected chi connectivity index (χ2v) is 4.78. The van der Waals surface area contributed by atoms with Crippen LogP contribution in [0.4, 0.5) is 5.69 Å². The highest BCUT2D eigenvalue weighted by Gasteiger charge is 2.11. The van der Waals surface area contributed by atoms with E-state index in [1.807, 2.05) is 67.6 Å². The second-order valence-electron chi connectivity index (χ2n) is 4.78. The molecule has 0 aliphatic rings. The van der Waals surface area contributed by atoms with E-state index in [1.54, 1.807) is 0 Å². The van der Waals surface area contributed by atoms with Crippen molar-refractivity contribution < 1.29 is 4.79 Å². The van der Waals surface area contributed by atoms with Crippen LogP contribution in [0.2, 0.25) is 0 Å². The number of rotatable bonds is 2. The number of carbonyl (C=O) groups is 1. The lowest BCUT2D eigenvalue weighted by Crippen LogP contribution is -2.13. The Morgan fingerprint density at radius 2 is 1.55 bits per heavy atom. The van der Waals surface area contributed by atoms with E-state index in [9.17, 15) is 4.79 Å². The average molecular weight is 261 g/mol. The fourth-order valence-corrected chi connectivity index (χ4v) is 2.39. The zero-order chi connectivity index (χ0) is 13.9. The first-order valence-corrected chi connectivity index (χ1v) is 6.60. The smallest absolute Gasteiger partial charge is 0.255 e. The summed E-state index contributed by atoms with van der Waals surface area (Å²) in [6, 6.07) is 21.5. The van der Waals surface area contributed by atoms with Crippen molar-refractivity contribution in [1.82, 2.24) is 0 Å². The Bertz CT molecular complexity index is 763. The number of amides is 1. The minimum absolute atomic E-state index is 0.0700. The Morgan fingerprint density at radius 3 is 2.35 bits per heavy atom.